The summed E-state index contributed by atoms with van der Waals surface area (Å²) in [7, 11) is 0. The summed E-state index contributed by atoms with van der Waals surface area (Å²) in [6.07, 6.45) is 8.16. The summed E-state index contributed by atoms with van der Waals surface area (Å²) in [4.78, 5) is 53.6. The van der Waals surface area contributed by atoms with Crippen LogP contribution in [0.15, 0.2) is 36.7 Å². The zero-order chi connectivity index (χ0) is 28.4. The van der Waals surface area contributed by atoms with Crippen molar-refractivity contribution >= 4 is 51.2 Å². The number of aromatic nitrogens is 2. The van der Waals surface area contributed by atoms with Crippen molar-refractivity contribution in [1.82, 2.24) is 14.9 Å². The smallest absolute Gasteiger partial charge is 0.414 e. The Labute approximate surface area is 228 Å². The first-order valence-electron chi connectivity index (χ1n) is 12.4. The number of anilines is 1. The van der Waals surface area contributed by atoms with Crippen molar-refractivity contribution in [3.8, 4) is 0 Å². The van der Waals surface area contributed by atoms with Crippen LogP contribution in [-0.2, 0) is 38.6 Å². The van der Waals surface area contributed by atoms with Gasteiger partial charge in [0.05, 0.1) is 5.39 Å². The van der Waals surface area contributed by atoms with E-state index in [-0.39, 0.29) is 0 Å². The average molecular weight is 559 g/mol. The van der Waals surface area contributed by atoms with Crippen molar-refractivity contribution < 1.29 is 39.6 Å². The molecule has 0 atom stereocenters. The second-order valence-corrected chi connectivity index (χ2v) is 9.99. The molecule has 0 radical (unpaired) electrons. The minimum Gasteiger partial charge on any atom is -0.473 e. The first kappa shape index (κ1) is 29.5. The van der Waals surface area contributed by atoms with Crippen LogP contribution in [0.25, 0.3) is 10.2 Å². The lowest BCUT2D eigenvalue weighted by atomic mass is 10.1. The van der Waals surface area contributed by atoms with Crippen LogP contribution in [0, 0.1) is 0 Å². The maximum absolute atomic E-state index is 9.10. The molecule has 0 bridgehead atoms. The van der Waals surface area contributed by atoms with Gasteiger partial charge in [-0.15, -0.1) is 11.3 Å². The topological polar surface area (TPSA) is 181 Å². The van der Waals surface area contributed by atoms with Gasteiger partial charge in [0, 0.05) is 37.6 Å². The summed E-state index contributed by atoms with van der Waals surface area (Å²) in [5.74, 6) is -6.12. The first-order chi connectivity index (χ1) is 18.7. The van der Waals surface area contributed by atoms with Gasteiger partial charge >= 0.3 is 23.9 Å². The number of carboxylic acids is 4. The SMILES string of the molecule is O=C(O)C(=O)O.O=C(O)C(=O)O.c1ccc(CN2CCN(c3ncnc4sc5c(c34)CCCCC5)CC2)cc1. The molecule has 1 aromatic carbocycles. The van der Waals surface area contributed by atoms with Gasteiger partial charge in [-0.2, -0.15) is 0 Å². The van der Waals surface area contributed by atoms with E-state index in [1.165, 1.54) is 53.7 Å². The maximum Gasteiger partial charge on any atom is 0.414 e. The van der Waals surface area contributed by atoms with Crippen LogP contribution in [0.4, 0.5) is 5.82 Å². The number of rotatable bonds is 3. The van der Waals surface area contributed by atoms with Crippen LogP contribution in [0.2, 0.25) is 0 Å². The molecule has 0 amide bonds. The standard InChI is InChI=1S/C22H26N4S.2C2H2O4/c1-3-7-17(8-4-1)15-25-11-13-26(14-12-25)21-20-18-9-5-2-6-10-19(18)27-22(20)24-16-23-21;2*3-1(4)2(5)6/h1,3-4,7-8,16H,2,5-6,9-15H2;2*(H,3,4)(H,5,6). The highest BCUT2D eigenvalue weighted by Crippen LogP contribution is 2.38. The van der Waals surface area contributed by atoms with Gasteiger partial charge in [-0.1, -0.05) is 36.8 Å². The monoisotopic (exact) mass is 558 g/mol. The second kappa shape index (κ2) is 14.2. The number of hydrogen-bond donors (Lipinski definition) is 4. The molecule has 0 spiro atoms. The molecule has 1 fully saturated rings. The van der Waals surface area contributed by atoms with Gasteiger partial charge in [0.15, 0.2) is 0 Å². The number of carboxylic acid groups (broad SMARTS) is 4. The fourth-order valence-electron chi connectivity index (χ4n) is 4.45. The van der Waals surface area contributed by atoms with Crippen molar-refractivity contribution in [2.75, 3.05) is 31.1 Å². The minimum absolute atomic E-state index is 1.04. The molecule has 1 saturated heterocycles. The van der Waals surface area contributed by atoms with Crippen molar-refractivity contribution in [2.45, 2.75) is 38.6 Å². The Morgan fingerprint density at radius 1 is 0.769 bits per heavy atom. The second-order valence-electron chi connectivity index (χ2n) is 8.91. The predicted molar refractivity (Wildman–Crippen MR) is 143 cm³/mol. The van der Waals surface area contributed by atoms with Crippen LogP contribution in [0.1, 0.15) is 35.3 Å². The number of thiophene rings is 1. The zero-order valence-corrected chi connectivity index (χ0v) is 22.0. The van der Waals surface area contributed by atoms with Gasteiger partial charge in [0.2, 0.25) is 0 Å². The Bertz CT molecular complexity index is 1260. The summed E-state index contributed by atoms with van der Waals surface area (Å²) in [6.45, 7) is 5.31. The van der Waals surface area contributed by atoms with Gasteiger partial charge in [-0.05, 0) is 36.8 Å². The number of piperazine rings is 1. The van der Waals surface area contributed by atoms with Crippen LogP contribution in [-0.4, -0.2) is 85.4 Å². The van der Waals surface area contributed by atoms with Crippen LogP contribution in [0.5, 0.6) is 0 Å². The lowest BCUT2D eigenvalue weighted by Gasteiger charge is -2.35. The molecule has 2 aromatic heterocycles. The van der Waals surface area contributed by atoms with E-state index >= 15 is 0 Å². The van der Waals surface area contributed by atoms with E-state index in [9.17, 15) is 0 Å². The van der Waals surface area contributed by atoms with Crippen LogP contribution in [0.3, 0.4) is 0 Å². The lowest BCUT2D eigenvalue weighted by molar-refractivity contribution is -0.159. The molecule has 2 aliphatic rings. The van der Waals surface area contributed by atoms with E-state index in [1.807, 2.05) is 11.3 Å². The molecule has 208 valence electrons. The Kier molecular flexibility index (Phi) is 10.7. The molecule has 3 aromatic rings. The molecule has 3 heterocycles. The summed E-state index contributed by atoms with van der Waals surface area (Å²) in [6, 6.07) is 10.8. The molecule has 13 heteroatoms. The average Bonchev–Trinajstić information content (AvgIpc) is 3.11. The Hall–Kier alpha value is -4.10. The molecule has 39 heavy (non-hydrogen) atoms. The zero-order valence-electron chi connectivity index (χ0n) is 21.2. The lowest BCUT2D eigenvalue weighted by Crippen LogP contribution is -2.46. The summed E-state index contributed by atoms with van der Waals surface area (Å²) in [5, 5.41) is 30.9. The summed E-state index contributed by atoms with van der Waals surface area (Å²) < 4.78 is 0. The molecule has 1 aliphatic heterocycles. The quantitative estimate of drug-likeness (QED) is 0.273. The summed E-state index contributed by atoms with van der Waals surface area (Å²) >= 11 is 1.91. The van der Waals surface area contributed by atoms with E-state index < -0.39 is 23.9 Å². The predicted octanol–water partition coefficient (Wildman–Crippen LogP) is 2.59. The molecule has 0 saturated carbocycles. The van der Waals surface area contributed by atoms with Crippen LogP contribution >= 0.6 is 11.3 Å². The molecular formula is C26H30N4O8S. The van der Waals surface area contributed by atoms with Gasteiger partial charge in [-0.25, -0.2) is 29.1 Å². The van der Waals surface area contributed by atoms with Crippen molar-refractivity contribution in [1.29, 1.82) is 0 Å². The molecule has 12 nitrogen and oxygen atoms in total. The maximum atomic E-state index is 9.10. The molecular weight excluding hydrogens is 528 g/mol. The number of aliphatic carboxylic acids is 4. The molecule has 5 rings (SSSR count). The number of benzene rings is 1. The van der Waals surface area contributed by atoms with E-state index in [1.54, 1.807) is 16.8 Å². The van der Waals surface area contributed by atoms with E-state index in [0.29, 0.717) is 0 Å². The minimum atomic E-state index is -1.82. The van der Waals surface area contributed by atoms with Gasteiger partial charge in [0.25, 0.3) is 0 Å². The molecule has 1 aliphatic carbocycles. The third-order valence-electron chi connectivity index (χ3n) is 6.27. The number of hydrogen-bond acceptors (Lipinski definition) is 9. The third-order valence-corrected chi connectivity index (χ3v) is 7.47. The highest BCUT2D eigenvalue weighted by atomic mass is 32.1. The highest BCUT2D eigenvalue weighted by molar-refractivity contribution is 7.19. The normalized spacial score (nSPS) is 15.0. The Balaban J connectivity index is 0.000000296. The Morgan fingerprint density at radius 2 is 1.36 bits per heavy atom. The van der Waals surface area contributed by atoms with Crippen molar-refractivity contribution in [3.05, 3.63) is 52.7 Å². The third kappa shape index (κ3) is 8.45. The Morgan fingerprint density at radius 3 is 1.95 bits per heavy atom. The highest BCUT2D eigenvalue weighted by Gasteiger charge is 2.24. The number of carbonyl (C=O) groups is 4. The fraction of sp³-hybridized carbons (Fsp3) is 0.385. The molecule has 4 N–H and O–H groups in total. The fourth-order valence-corrected chi connectivity index (χ4v) is 5.67. The summed E-state index contributed by atoms with van der Waals surface area (Å²) in [5.41, 5.74) is 2.95. The van der Waals surface area contributed by atoms with Crippen molar-refractivity contribution in [2.24, 2.45) is 0 Å². The largest absolute Gasteiger partial charge is 0.473 e. The van der Waals surface area contributed by atoms with Crippen molar-refractivity contribution in [3.63, 3.8) is 0 Å². The van der Waals surface area contributed by atoms with Crippen LogP contribution < -0.4 is 4.90 Å². The van der Waals surface area contributed by atoms with E-state index in [0.717, 1.165) is 32.7 Å². The molecule has 0 unspecified atom stereocenters. The van der Waals surface area contributed by atoms with E-state index in [4.69, 9.17) is 44.6 Å². The first-order valence-corrected chi connectivity index (χ1v) is 13.2. The van der Waals surface area contributed by atoms with Gasteiger partial charge < -0.3 is 25.3 Å². The van der Waals surface area contributed by atoms with Gasteiger partial charge in [-0.3, -0.25) is 4.90 Å². The van der Waals surface area contributed by atoms with E-state index in [2.05, 4.69) is 45.1 Å². The number of aryl methyl sites for hydroxylation is 2. The number of fused-ring (bicyclic) bond motifs is 3. The number of nitrogens with zero attached hydrogens (tertiary/aromatic N) is 4. The van der Waals surface area contributed by atoms with Gasteiger partial charge in [0.1, 0.15) is 17.0 Å².